The number of nitrogens with zero attached hydrogens (tertiary/aromatic N) is 3. The number of nitrogens with one attached hydrogen (secondary N) is 1. The van der Waals surface area contributed by atoms with Crippen molar-refractivity contribution in [3.63, 3.8) is 0 Å². The van der Waals surface area contributed by atoms with E-state index in [1.165, 1.54) is 6.42 Å². The van der Waals surface area contributed by atoms with Crippen molar-refractivity contribution in [3.8, 4) is 0 Å². The number of hydrogen-bond acceptors (Lipinski definition) is 5. The molecule has 0 atom stereocenters. The number of pyridine rings is 1. The van der Waals surface area contributed by atoms with E-state index in [1.54, 1.807) is 24.9 Å². The second kappa shape index (κ2) is 8.45. The number of aromatic nitrogens is 2. The van der Waals surface area contributed by atoms with Crippen LogP contribution in [-0.4, -0.2) is 51.2 Å². The zero-order valence-electron chi connectivity index (χ0n) is 17.6. The molecule has 0 bridgehead atoms. The highest BCUT2D eigenvalue weighted by Gasteiger charge is 2.30. The van der Waals surface area contributed by atoms with Crippen LogP contribution in [0.3, 0.4) is 0 Å². The molecule has 0 spiro atoms. The van der Waals surface area contributed by atoms with Gasteiger partial charge < -0.3 is 19.2 Å². The fourth-order valence-electron chi connectivity index (χ4n) is 4.45. The van der Waals surface area contributed by atoms with Gasteiger partial charge in [0.15, 0.2) is 11.6 Å². The van der Waals surface area contributed by atoms with E-state index in [2.05, 4.69) is 9.97 Å². The monoisotopic (exact) mass is 412 g/mol. The highest BCUT2D eigenvalue weighted by atomic mass is 16.4. The summed E-state index contributed by atoms with van der Waals surface area (Å²) in [5.74, 6) is 0.576. The summed E-state index contributed by atoms with van der Waals surface area (Å²) in [4.78, 5) is 49.2. The highest BCUT2D eigenvalue weighted by Crippen LogP contribution is 2.24. The summed E-state index contributed by atoms with van der Waals surface area (Å²) in [6, 6.07) is 0. The minimum Gasteiger partial charge on any atom is -0.445 e. The molecule has 2 amide bonds. The van der Waals surface area contributed by atoms with E-state index in [-0.39, 0.29) is 22.9 Å². The summed E-state index contributed by atoms with van der Waals surface area (Å²) >= 11 is 0. The van der Waals surface area contributed by atoms with Crippen molar-refractivity contribution in [1.82, 2.24) is 19.8 Å². The van der Waals surface area contributed by atoms with Crippen molar-refractivity contribution in [2.75, 3.05) is 19.6 Å². The van der Waals surface area contributed by atoms with E-state index in [0.29, 0.717) is 49.9 Å². The Morgan fingerprint density at radius 3 is 2.37 bits per heavy atom. The summed E-state index contributed by atoms with van der Waals surface area (Å²) < 4.78 is 5.39. The Kier molecular flexibility index (Phi) is 5.74. The number of aromatic amines is 1. The number of aryl methyl sites for hydroxylation is 2. The van der Waals surface area contributed by atoms with Crippen LogP contribution in [0.5, 0.6) is 0 Å². The van der Waals surface area contributed by atoms with Gasteiger partial charge in [0.2, 0.25) is 0 Å². The van der Waals surface area contributed by atoms with Crippen LogP contribution in [0.15, 0.2) is 15.4 Å². The molecule has 30 heavy (non-hydrogen) atoms. The number of carbonyl (C=O) groups excluding carboxylic acids is 2. The van der Waals surface area contributed by atoms with Crippen LogP contribution < -0.4 is 5.56 Å². The Labute approximate surface area is 175 Å². The Morgan fingerprint density at radius 1 is 1.00 bits per heavy atom. The molecule has 0 aliphatic carbocycles. The molecule has 1 saturated heterocycles. The zero-order chi connectivity index (χ0) is 21.3. The fourth-order valence-corrected chi connectivity index (χ4v) is 4.45. The van der Waals surface area contributed by atoms with Crippen LogP contribution in [0, 0.1) is 13.8 Å². The molecule has 0 aromatic carbocycles. The maximum absolute atomic E-state index is 13.2. The van der Waals surface area contributed by atoms with E-state index >= 15 is 0 Å². The topological polar surface area (TPSA) is 99.5 Å². The Balaban J connectivity index is 1.59. The van der Waals surface area contributed by atoms with Gasteiger partial charge in [-0.25, -0.2) is 4.98 Å². The molecule has 4 heterocycles. The predicted octanol–water partition coefficient (Wildman–Crippen LogP) is 2.58. The fraction of sp³-hybridized carbons (Fsp3) is 0.545. The molecule has 1 fully saturated rings. The average Bonchev–Trinajstić information content (AvgIpc) is 3.04. The number of rotatable bonds is 2. The summed E-state index contributed by atoms with van der Waals surface area (Å²) in [7, 11) is 0. The van der Waals surface area contributed by atoms with E-state index in [1.807, 2.05) is 4.90 Å². The van der Waals surface area contributed by atoms with Gasteiger partial charge in [-0.2, -0.15) is 0 Å². The average molecular weight is 412 g/mol. The van der Waals surface area contributed by atoms with Crippen LogP contribution in [-0.2, 0) is 13.0 Å². The summed E-state index contributed by atoms with van der Waals surface area (Å²) in [6.45, 7) is 5.58. The normalized spacial score (nSPS) is 17.3. The quantitative estimate of drug-likeness (QED) is 0.817. The van der Waals surface area contributed by atoms with Crippen molar-refractivity contribution in [3.05, 3.63) is 50.6 Å². The van der Waals surface area contributed by atoms with Crippen molar-refractivity contribution < 1.29 is 14.0 Å². The van der Waals surface area contributed by atoms with Crippen LogP contribution in [0.1, 0.15) is 75.7 Å². The van der Waals surface area contributed by atoms with Crippen molar-refractivity contribution in [2.45, 2.75) is 58.9 Å². The number of amides is 2. The zero-order valence-corrected chi connectivity index (χ0v) is 17.6. The molecule has 2 aromatic heterocycles. The van der Waals surface area contributed by atoms with Crippen LogP contribution in [0.25, 0.3) is 0 Å². The molecule has 160 valence electrons. The number of likely N-dealkylation sites (tertiary alicyclic amines) is 1. The Hall–Kier alpha value is -2.90. The van der Waals surface area contributed by atoms with Crippen molar-refractivity contribution in [2.24, 2.45) is 0 Å². The lowest BCUT2D eigenvalue weighted by atomic mass is 9.95. The number of fused-ring (bicyclic) bond motifs is 1. The Bertz CT molecular complexity index is 1010. The third-order valence-corrected chi connectivity index (χ3v) is 6.04. The summed E-state index contributed by atoms with van der Waals surface area (Å²) in [5, 5.41) is 0. The minimum absolute atomic E-state index is 0.183. The van der Waals surface area contributed by atoms with Crippen LogP contribution in [0.4, 0.5) is 0 Å². The number of H-pyrrole nitrogens is 1. The van der Waals surface area contributed by atoms with E-state index < -0.39 is 0 Å². The maximum atomic E-state index is 13.2. The Morgan fingerprint density at radius 2 is 1.70 bits per heavy atom. The van der Waals surface area contributed by atoms with Gasteiger partial charge in [0.25, 0.3) is 17.4 Å². The lowest BCUT2D eigenvalue weighted by molar-refractivity contribution is 0.0723. The van der Waals surface area contributed by atoms with Crippen LogP contribution in [0.2, 0.25) is 0 Å². The molecule has 2 aromatic rings. The first-order chi connectivity index (χ1) is 14.5. The van der Waals surface area contributed by atoms with Crippen LogP contribution >= 0.6 is 0 Å². The second-order valence-corrected chi connectivity index (χ2v) is 8.17. The molecule has 8 nitrogen and oxygen atoms in total. The molecule has 1 N–H and O–H groups in total. The molecule has 8 heteroatoms. The standard InChI is InChI=1S/C22H28N4O4/c1-14-19(24-15(2)30-14)22(29)26-11-8-17-16(13-26)12-23-20(27)18(17)21(28)25-9-6-4-3-5-7-10-25/h12H,3-11,13H2,1-2H3,(H,23,27). The number of oxazole rings is 1. The van der Waals surface area contributed by atoms with Gasteiger partial charge in [0.05, 0.1) is 0 Å². The number of hydrogen-bond donors (Lipinski definition) is 1. The van der Waals surface area contributed by atoms with Crippen molar-refractivity contribution >= 4 is 11.8 Å². The molecule has 0 unspecified atom stereocenters. The smallest absolute Gasteiger partial charge is 0.276 e. The van der Waals surface area contributed by atoms with Gasteiger partial charge in [-0.1, -0.05) is 19.3 Å². The minimum atomic E-state index is -0.344. The third-order valence-electron chi connectivity index (χ3n) is 6.04. The van der Waals surface area contributed by atoms with Crippen molar-refractivity contribution in [1.29, 1.82) is 0 Å². The van der Waals surface area contributed by atoms with E-state index in [4.69, 9.17) is 4.42 Å². The van der Waals surface area contributed by atoms with Gasteiger partial charge in [0.1, 0.15) is 11.3 Å². The van der Waals surface area contributed by atoms with Gasteiger partial charge >= 0.3 is 0 Å². The largest absolute Gasteiger partial charge is 0.445 e. The molecule has 4 rings (SSSR count). The second-order valence-electron chi connectivity index (χ2n) is 8.17. The number of carbonyl (C=O) groups is 2. The SMILES string of the molecule is Cc1nc(C(=O)N2CCc3c(c[nH]c(=O)c3C(=O)N3CCCCCCC3)C2)c(C)o1. The predicted molar refractivity (Wildman–Crippen MR) is 110 cm³/mol. The first-order valence-corrected chi connectivity index (χ1v) is 10.7. The maximum Gasteiger partial charge on any atom is 0.276 e. The van der Waals surface area contributed by atoms with Gasteiger partial charge in [-0.15, -0.1) is 0 Å². The first-order valence-electron chi connectivity index (χ1n) is 10.7. The lowest BCUT2D eigenvalue weighted by Gasteiger charge is -2.30. The summed E-state index contributed by atoms with van der Waals surface area (Å²) in [5.41, 5.74) is 1.79. The molecule has 0 saturated carbocycles. The lowest BCUT2D eigenvalue weighted by Crippen LogP contribution is -2.41. The van der Waals surface area contributed by atoms with Gasteiger partial charge in [0, 0.05) is 39.3 Å². The summed E-state index contributed by atoms with van der Waals surface area (Å²) in [6.07, 6.45) is 7.47. The molecule has 2 aliphatic heterocycles. The third kappa shape index (κ3) is 3.91. The van der Waals surface area contributed by atoms with Gasteiger partial charge in [-0.05, 0) is 37.3 Å². The molecule has 0 radical (unpaired) electrons. The highest BCUT2D eigenvalue weighted by molar-refractivity contribution is 5.96. The molecular formula is C22H28N4O4. The first kappa shape index (κ1) is 20.4. The van der Waals surface area contributed by atoms with E-state index in [0.717, 1.165) is 36.8 Å². The van der Waals surface area contributed by atoms with E-state index in [9.17, 15) is 14.4 Å². The molecular weight excluding hydrogens is 384 g/mol. The van der Waals surface area contributed by atoms with Gasteiger partial charge in [-0.3, -0.25) is 14.4 Å². The molecule has 2 aliphatic rings.